The van der Waals surface area contributed by atoms with Crippen LogP contribution in [-0.2, 0) is 4.79 Å². The molecule has 0 saturated carbocycles. The zero-order valence-corrected chi connectivity index (χ0v) is 13.5. The first kappa shape index (κ1) is 18.2. The summed E-state index contributed by atoms with van der Waals surface area (Å²) in [7, 11) is 0. The molecule has 0 bridgehead atoms. The van der Waals surface area contributed by atoms with Crippen molar-refractivity contribution >= 4 is 11.9 Å². The normalized spacial score (nSPS) is 21.4. The van der Waals surface area contributed by atoms with Gasteiger partial charge >= 0.3 is 12.1 Å². The molecule has 24 heavy (non-hydrogen) atoms. The number of halogens is 3. The van der Waals surface area contributed by atoms with Gasteiger partial charge in [-0.3, -0.25) is 9.59 Å². The number of carbonyl (C=O) groups is 2. The molecular weight excluding hydrogens is 327 g/mol. The lowest BCUT2D eigenvalue weighted by Crippen LogP contribution is -2.47. The molecule has 0 spiro atoms. The molecule has 0 aliphatic carbocycles. The van der Waals surface area contributed by atoms with Crippen molar-refractivity contribution in [3.05, 3.63) is 23.3 Å². The standard InChI is InChI=1S/C15H18F3N3O3/c1-8(2)11-10(6-19-9(3)20-11)12(22)21-5-4-14(7-21,13(23)24)15(16,17)18/h6,8H,4-5,7H2,1-3H3,(H,23,24)/t14-/m1/s1. The zero-order chi connectivity index (χ0) is 18.3. The highest BCUT2D eigenvalue weighted by molar-refractivity contribution is 5.96. The monoisotopic (exact) mass is 345 g/mol. The minimum absolute atomic E-state index is 0.110. The average Bonchev–Trinajstić information content (AvgIpc) is 2.92. The van der Waals surface area contributed by atoms with Crippen molar-refractivity contribution in [3.63, 3.8) is 0 Å². The highest BCUT2D eigenvalue weighted by atomic mass is 19.4. The van der Waals surface area contributed by atoms with Crippen molar-refractivity contribution in [1.29, 1.82) is 0 Å². The molecular formula is C15H18F3N3O3. The van der Waals surface area contributed by atoms with E-state index in [4.69, 9.17) is 5.11 Å². The Labute approximate surface area is 136 Å². The highest BCUT2D eigenvalue weighted by Gasteiger charge is 2.64. The number of rotatable bonds is 3. The fourth-order valence-electron chi connectivity index (χ4n) is 2.77. The molecule has 2 heterocycles. The van der Waals surface area contributed by atoms with Gasteiger partial charge in [0.2, 0.25) is 0 Å². The van der Waals surface area contributed by atoms with Gasteiger partial charge in [-0.15, -0.1) is 0 Å². The Hall–Kier alpha value is -2.19. The molecule has 1 amide bonds. The van der Waals surface area contributed by atoms with Gasteiger partial charge < -0.3 is 10.0 Å². The number of likely N-dealkylation sites (tertiary alicyclic amines) is 1. The van der Waals surface area contributed by atoms with Crippen LogP contribution in [0, 0.1) is 12.3 Å². The minimum atomic E-state index is -4.93. The van der Waals surface area contributed by atoms with Gasteiger partial charge in [0, 0.05) is 19.3 Å². The quantitative estimate of drug-likeness (QED) is 0.909. The van der Waals surface area contributed by atoms with Gasteiger partial charge in [0.05, 0.1) is 11.3 Å². The molecule has 1 atom stereocenters. The Morgan fingerprint density at radius 3 is 2.46 bits per heavy atom. The fraction of sp³-hybridized carbons (Fsp3) is 0.600. The summed E-state index contributed by atoms with van der Waals surface area (Å²) in [4.78, 5) is 32.9. The number of hydrogen-bond donors (Lipinski definition) is 1. The summed E-state index contributed by atoms with van der Waals surface area (Å²) in [6.45, 7) is 4.07. The maximum atomic E-state index is 13.2. The third-order valence-electron chi connectivity index (χ3n) is 4.22. The third-order valence-corrected chi connectivity index (χ3v) is 4.22. The van der Waals surface area contributed by atoms with Gasteiger partial charge in [0.15, 0.2) is 5.41 Å². The van der Waals surface area contributed by atoms with Crippen LogP contribution in [0.2, 0.25) is 0 Å². The van der Waals surface area contributed by atoms with E-state index in [-0.39, 0.29) is 18.0 Å². The summed E-state index contributed by atoms with van der Waals surface area (Å²) in [6, 6.07) is 0. The second kappa shape index (κ2) is 6.03. The first-order valence-electron chi connectivity index (χ1n) is 7.42. The molecule has 1 aliphatic heterocycles. The van der Waals surface area contributed by atoms with Crippen LogP contribution in [-0.4, -0.2) is 51.1 Å². The minimum Gasteiger partial charge on any atom is -0.481 e. The summed E-state index contributed by atoms with van der Waals surface area (Å²) < 4.78 is 39.7. The number of carboxylic acid groups (broad SMARTS) is 1. The zero-order valence-electron chi connectivity index (χ0n) is 13.5. The van der Waals surface area contributed by atoms with E-state index < -0.39 is 36.4 Å². The number of aromatic nitrogens is 2. The highest BCUT2D eigenvalue weighted by Crippen LogP contribution is 2.46. The molecule has 6 nitrogen and oxygen atoms in total. The van der Waals surface area contributed by atoms with E-state index in [2.05, 4.69) is 9.97 Å². The molecule has 2 rings (SSSR count). The van der Waals surface area contributed by atoms with E-state index in [0.717, 1.165) is 4.90 Å². The number of amides is 1. The van der Waals surface area contributed by atoms with Gasteiger partial charge in [-0.25, -0.2) is 9.97 Å². The van der Waals surface area contributed by atoms with Crippen molar-refractivity contribution in [3.8, 4) is 0 Å². The first-order valence-corrected chi connectivity index (χ1v) is 7.42. The first-order chi connectivity index (χ1) is 11.0. The van der Waals surface area contributed by atoms with Crippen LogP contribution in [0.1, 0.15) is 48.1 Å². The SMILES string of the molecule is Cc1ncc(C(=O)N2CC[C@@](C(=O)O)(C(F)(F)F)C2)c(C(C)C)n1. The molecule has 132 valence electrons. The molecule has 0 radical (unpaired) electrons. The molecule has 9 heteroatoms. The number of hydrogen-bond acceptors (Lipinski definition) is 4. The van der Waals surface area contributed by atoms with Crippen LogP contribution in [0.3, 0.4) is 0 Å². The van der Waals surface area contributed by atoms with Crippen LogP contribution < -0.4 is 0 Å². The second-order valence-electron chi connectivity index (χ2n) is 6.23. The lowest BCUT2D eigenvalue weighted by Gasteiger charge is -2.27. The number of aliphatic carboxylic acids is 1. The van der Waals surface area contributed by atoms with Crippen molar-refractivity contribution in [1.82, 2.24) is 14.9 Å². The smallest absolute Gasteiger partial charge is 0.406 e. The van der Waals surface area contributed by atoms with Crippen molar-refractivity contribution in [2.24, 2.45) is 5.41 Å². The number of nitrogens with zero attached hydrogens (tertiary/aromatic N) is 3. The molecule has 1 aliphatic rings. The van der Waals surface area contributed by atoms with Gasteiger partial charge in [-0.1, -0.05) is 13.8 Å². The molecule has 1 fully saturated rings. The van der Waals surface area contributed by atoms with E-state index in [9.17, 15) is 22.8 Å². The number of alkyl halides is 3. The lowest BCUT2D eigenvalue weighted by atomic mass is 9.86. The maximum absolute atomic E-state index is 13.2. The Morgan fingerprint density at radius 2 is 2.00 bits per heavy atom. The predicted octanol–water partition coefficient (Wildman–Crippen LogP) is 2.39. The van der Waals surface area contributed by atoms with Crippen LogP contribution in [0.4, 0.5) is 13.2 Å². The van der Waals surface area contributed by atoms with E-state index in [1.54, 1.807) is 20.8 Å². The van der Waals surface area contributed by atoms with E-state index in [1.165, 1.54) is 6.20 Å². The summed E-state index contributed by atoms with van der Waals surface area (Å²) in [5, 5.41) is 9.07. The molecule has 0 unspecified atom stereocenters. The lowest BCUT2D eigenvalue weighted by molar-refractivity contribution is -0.227. The largest absolute Gasteiger partial charge is 0.481 e. The molecule has 0 aromatic carbocycles. The number of aryl methyl sites for hydroxylation is 1. The summed E-state index contributed by atoms with van der Waals surface area (Å²) >= 11 is 0. The Bertz CT molecular complexity index is 676. The molecule has 1 saturated heterocycles. The molecule has 1 N–H and O–H groups in total. The average molecular weight is 345 g/mol. The van der Waals surface area contributed by atoms with E-state index in [0.29, 0.717) is 11.5 Å². The van der Waals surface area contributed by atoms with Crippen LogP contribution >= 0.6 is 0 Å². The van der Waals surface area contributed by atoms with Crippen molar-refractivity contribution < 1.29 is 27.9 Å². The molecule has 1 aromatic heterocycles. The second-order valence-corrected chi connectivity index (χ2v) is 6.23. The Morgan fingerprint density at radius 1 is 1.38 bits per heavy atom. The molecule has 1 aromatic rings. The predicted molar refractivity (Wildman–Crippen MR) is 77.5 cm³/mol. The summed E-state index contributed by atoms with van der Waals surface area (Å²) in [6.07, 6.45) is -4.31. The van der Waals surface area contributed by atoms with Crippen LogP contribution in [0.15, 0.2) is 6.20 Å². The van der Waals surface area contributed by atoms with Gasteiger partial charge in [-0.2, -0.15) is 13.2 Å². The Balaban J connectivity index is 2.35. The van der Waals surface area contributed by atoms with Gasteiger partial charge in [-0.05, 0) is 19.3 Å². The van der Waals surface area contributed by atoms with E-state index in [1.807, 2.05) is 0 Å². The van der Waals surface area contributed by atoms with Gasteiger partial charge in [0.25, 0.3) is 5.91 Å². The van der Waals surface area contributed by atoms with E-state index >= 15 is 0 Å². The summed E-state index contributed by atoms with van der Waals surface area (Å²) in [5.41, 5.74) is -2.38. The number of carbonyl (C=O) groups excluding carboxylic acids is 1. The van der Waals surface area contributed by atoms with Crippen molar-refractivity contribution in [2.75, 3.05) is 13.1 Å². The Kier molecular flexibility index (Phi) is 4.56. The summed E-state index contributed by atoms with van der Waals surface area (Å²) in [5.74, 6) is -2.31. The van der Waals surface area contributed by atoms with Crippen molar-refractivity contribution in [2.45, 2.75) is 39.3 Å². The van der Waals surface area contributed by atoms with Gasteiger partial charge in [0.1, 0.15) is 5.82 Å². The topological polar surface area (TPSA) is 83.4 Å². The maximum Gasteiger partial charge on any atom is 0.406 e. The fourth-order valence-corrected chi connectivity index (χ4v) is 2.77. The number of carboxylic acids is 1. The van der Waals surface area contributed by atoms with Crippen LogP contribution in [0.5, 0.6) is 0 Å². The van der Waals surface area contributed by atoms with Crippen LogP contribution in [0.25, 0.3) is 0 Å². The third kappa shape index (κ3) is 2.94.